The maximum absolute atomic E-state index is 14.1. The number of aromatic amines is 2. The van der Waals surface area contributed by atoms with E-state index in [1.165, 1.54) is 23.8 Å². The molecular formula is C37H46N4O5. The number of H-pyrrole nitrogens is 2. The van der Waals surface area contributed by atoms with Gasteiger partial charge in [0, 0.05) is 81.6 Å². The highest BCUT2D eigenvalue weighted by Crippen LogP contribution is 2.48. The second-order valence-corrected chi connectivity index (χ2v) is 13.0. The largest absolute Gasteiger partial charge is 0.468 e. The third-order valence-electron chi connectivity index (χ3n) is 10.7. The van der Waals surface area contributed by atoms with Crippen LogP contribution < -0.4 is 10.6 Å². The molecule has 0 saturated carbocycles. The SMILES string of the molecule is CCOC(=O)CC[C@@H]1/C2=C3/c4[nH]c(c(C)c4C(=O)[C@@H]3C(=O)OC)Cc3[nH]c(c(C)c3CC)C=C3NC(=C(C)[C@H]3CC)/C=C(\N2)[C@H]1C. The molecule has 8 bridgehead atoms. The number of fused-ring (bicyclic) bond motifs is 7. The number of rotatable bonds is 7. The number of esters is 2. The quantitative estimate of drug-likeness (QED) is 0.215. The number of aromatic nitrogens is 2. The van der Waals surface area contributed by atoms with Crippen LogP contribution in [-0.2, 0) is 31.9 Å². The normalized spacial score (nSPS) is 26.0. The van der Waals surface area contributed by atoms with E-state index >= 15 is 0 Å². The Hall–Kier alpha value is -4.27. The molecule has 5 heterocycles. The fourth-order valence-electron chi connectivity index (χ4n) is 8.11. The number of nitrogens with one attached hydrogen (secondary N) is 4. The van der Waals surface area contributed by atoms with Crippen molar-refractivity contribution < 1.29 is 23.9 Å². The third kappa shape index (κ3) is 4.95. The van der Waals surface area contributed by atoms with E-state index in [1.54, 1.807) is 6.92 Å². The van der Waals surface area contributed by atoms with Crippen molar-refractivity contribution >= 4 is 29.4 Å². The van der Waals surface area contributed by atoms with Crippen LogP contribution in [0.4, 0.5) is 0 Å². The van der Waals surface area contributed by atoms with Gasteiger partial charge in [-0.15, -0.1) is 0 Å². The molecule has 2 aromatic rings. The van der Waals surface area contributed by atoms with Gasteiger partial charge in [0.25, 0.3) is 0 Å². The molecule has 46 heavy (non-hydrogen) atoms. The predicted molar refractivity (Wildman–Crippen MR) is 177 cm³/mol. The number of hydrogen-bond acceptors (Lipinski definition) is 7. The van der Waals surface area contributed by atoms with Crippen molar-refractivity contribution in [2.45, 2.75) is 80.6 Å². The average Bonchev–Trinajstić information content (AvgIpc) is 3.77. The van der Waals surface area contributed by atoms with Crippen LogP contribution >= 0.6 is 0 Å². The number of hydrogen-bond donors (Lipinski definition) is 4. The molecule has 0 unspecified atom stereocenters. The fourth-order valence-corrected chi connectivity index (χ4v) is 8.11. The first-order valence-electron chi connectivity index (χ1n) is 16.7. The van der Waals surface area contributed by atoms with Crippen LogP contribution in [0.5, 0.6) is 0 Å². The summed E-state index contributed by atoms with van der Waals surface area (Å²) in [6, 6.07) is 0. The Morgan fingerprint density at radius 3 is 2.41 bits per heavy atom. The molecule has 1 saturated heterocycles. The summed E-state index contributed by atoms with van der Waals surface area (Å²) in [5.74, 6) is -2.11. The molecule has 0 amide bonds. The van der Waals surface area contributed by atoms with Gasteiger partial charge in [0.1, 0.15) is 5.92 Å². The number of ketones is 1. The van der Waals surface area contributed by atoms with Gasteiger partial charge in [-0.2, -0.15) is 0 Å². The summed E-state index contributed by atoms with van der Waals surface area (Å²) in [4.78, 5) is 47.4. The number of methoxy groups -OCH3 is 1. The first-order valence-corrected chi connectivity index (χ1v) is 16.7. The summed E-state index contributed by atoms with van der Waals surface area (Å²) < 4.78 is 10.5. The minimum absolute atomic E-state index is 0.0179. The van der Waals surface area contributed by atoms with Crippen molar-refractivity contribution in [1.29, 1.82) is 0 Å². The molecule has 3 aliphatic heterocycles. The highest BCUT2D eigenvalue weighted by Gasteiger charge is 2.48. The van der Waals surface area contributed by atoms with E-state index in [-0.39, 0.29) is 35.9 Å². The summed E-state index contributed by atoms with van der Waals surface area (Å²) >= 11 is 0. The molecule has 2 aromatic heterocycles. The van der Waals surface area contributed by atoms with E-state index in [2.05, 4.69) is 67.4 Å². The van der Waals surface area contributed by atoms with Crippen LogP contribution in [-0.4, -0.2) is 41.4 Å². The monoisotopic (exact) mass is 626 g/mol. The Morgan fingerprint density at radius 2 is 1.74 bits per heavy atom. The van der Waals surface area contributed by atoms with Crippen molar-refractivity contribution in [3.63, 3.8) is 0 Å². The van der Waals surface area contributed by atoms with Crippen molar-refractivity contribution in [1.82, 2.24) is 20.6 Å². The number of carbonyl (C=O) groups excluding carboxylic acids is 3. The van der Waals surface area contributed by atoms with Crippen LogP contribution in [0.25, 0.3) is 11.6 Å². The standard InChI is InChI=1S/C37H46N4O5/c1-9-21-17(4)24-14-26-19(6)23(12-13-30(42)46-11-3)34(40-26)32-33(37(44)45-8)36(43)31-20(7)27(41-35(31)32)16-29-22(10-2)18(5)25(39-29)15-28(21)38-24/h14-15,19,21,23,33,38-41H,9-13,16H2,1-8H3/b26-14-,28-15?,34-32-/t19-,21+,23-,33+/m0/s1. The van der Waals surface area contributed by atoms with Crippen molar-refractivity contribution in [2.24, 2.45) is 23.7 Å². The molecule has 1 aliphatic carbocycles. The second kappa shape index (κ2) is 12.2. The van der Waals surface area contributed by atoms with Gasteiger partial charge in [-0.05, 0) is 81.4 Å². The van der Waals surface area contributed by atoms with Gasteiger partial charge in [-0.1, -0.05) is 20.8 Å². The Bertz CT molecular complexity index is 1760. The summed E-state index contributed by atoms with van der Waals surface area (Å²) in [5, 5.41) is 7.42. The molecule has 244 valence electrons. The van der Waals surface area contributed by atoms with Crippen LogP contribution in [0.1, 0.15) is 104 Å². The van der Waals surface area contributed by atoms with Gasteiger partial charge >= 0.3 is 11.9 Å². The Balaban J connectivity index is 1.61. The first-order chi connectivity index (χ1) is 22.0. The number of carbonyl (C=O) groups is 3. The van der Waals surface area contributed by atoms with Crippen LogP contribution in [0.2, 0.25) is 0 Å². The smallest absolute Gasteiger partial charge is 0.321 e. The summed E-state index contributed by atoms with van der Waals surface area (Å²) in [6.45, 7) is 15.0. The van der Waals surface area contributed by atoms with Gasteiger partial charge in [0.05, 0.1) is 19.4 Å². The molecule has 4 aliphatic rings. The molecule has 4 atom stereocenters. The zero-order valence-electron chi connectivity index (χ0n) is 28.2. The summed E-state index contributed by atoms with van der Waals surface area (Å²) in [7, 11) is 1.32. The van der Waals surface area contributed by atoms with Crippen LogP contribution in [0.3, 0.4) is 0 Å². The van der Waals surface area contributed by atoms with E-state index in [4.69, 9.17) is 9.47 Å². The summed E-state index contributed by atoms with van der Waals surface area (Å²) in [6.07, 6.45) is 7.59. The molecule has 6 rings (SSSR count). The van der Waals surface area contributed by atoms with Gasteiger partial charge in [-0.3, -0.25) is 14.4 Å². The van der Waals surface area contributed by atoms with E-state index in [9.17, 15) is 14.4 Å². The molecular weight excluding hydrogens is 580 g/mol. The molecule has 0 radical (unpaired) electrons. The fraction of sp³-hybridized carbons (Fsp3) is 0.486. The topological polar surface area (TPSA) is 125 Å². The Labute approximate surface area is 271 Å². The Morgan fingerprint density at radius 1 is 0.978 bits per heavy atom. The molecule has 0 spiro atoms. The number of allylic oxidation sites excluding steroid dienone is 4. The van der Waals surface area contributed by atoms with Gasteiger partial charge in [0.15, 0.2) is 5.78 Å². The minimum Gasteiger partial charge on any atom is -0.468 e. The zero-order valence-corrected chi connectivity index (χ0v) is 28.2. The van der Waals surface area contributed by atoms with Crippen molar-refractivity contribution in [3.05, 3.63) is 79.5 Å². The first kappa shape index (κ1) is 31.7. The zero-order chi connectivity index (χ0) is 33.0. The average molecular weight is 627 g/mol. The molecule has 0 aromatic carbocycles. The molecule has 4 N–H and O–H groups in total. The highest BCUT2D eigenvalue weighted by atomic mass is 16.5. The lowest BCUT2D eigenvalue weighted by Gasteiger charge is -2.19. The minimum atomic E-state index is -1.09. The van der Waals surface area contributed by atoms with Gasteiger partial charge in [0.2, 0.25) is 0 Å². The third-order valence-corrected chi connectivity index (χ3v) is 10.7. The highest BCUT2D eigenvalue weighted by molar-refractivity contribution is 6.24. The van der Waals surface area contributed by atoms with E-state index < -0.39 is 11.9 Å². The Kier molecular flexibility index (Phi) is 8.38. The van der Waals surface area contributed by atoms with E-state index in [1.807, 2.05) is 6.92 Å². The molecule has 1 fully saturated rings. The molecule has 9 nitrogen and oxygen atoms in total. The van der Waals surface area contributed by atoms with Crippen molar-refractivity contribution in [2.75, 3.05) is 13.7 Å². The second-order valence-electron chi connectivity index (χ2n) is 13.0. The lowest BCUT2D eigenvalue weighted by molar-refractivity contribution is -0.143. The number of ether oxygens (including phenoxy) is 2. The van der Waals surface area contributed by atoms with Crippen LogP contribution in [0, 0.1) is 37.5 Å². The van der Waals surface area contributed by atoms with Crippen molar-refractivity contribution in [3.8, 4) is 0 Å². The molecule has 9 heteroatoms. The maximum atomic E-state index is 14.1. The lowest BCUT2D eigenvalue weighted by Crippen LogP contribution is -2.25. The predicted octanol–water partition coefficient (Wildman–Crippen LogP) is 6.15. The van der Waals surface area contributed by atoms with Gasteiger partial charge in [-0.25, -0.2) is 0 Å². The lowest BCUT2D eigenvalue weighted by atomic mass is 9.85. The number of Topliss-reactive ketones (excluding diaryl/α,β-unsaturated/α-hetero) is 1. The van der Waals surface area contributed by atoms with Crippen LogP contribution in [0.15, 0.2) is 34.4 Å². The maximum Gasteiger partial charge on any atom is 0.321 e. The summed E-state index contributed by atoms with van der Waals surface area (Å²) in [5.41, 5.74) is 13.6. The van der Waals surface area contributed by atoms with Gasteiger partial charge < -0.3 is 30.1 Å². The van der Waals surface area contributed by atoms with E-state index in [0.29, 0.717) is 36.3 Å². The van der Waals surface area contributed by atoms with E-state index in [0.717, 1.165) is 58.3 Å².